The first-order valence-corrected chi connectivity index (χ1v) is 11.0. The van der Waals surface area contributed by atoms with Gasteiger partial charge in [-0.15, -0.1) is 11.3 Å². The minimum Gasteiger partial charge on any atom is -0.496 e. The number of thiophene rings is 1. The summed E-state index contributed by atoms with van der Waals surface area (Å²) in [4.78, 5) is 17.1. The topological polar surface area (TPSA) is 88.6 Å². The first kappa shape index (κ1) is 19.8. The molecule has 1 N–H and O–H groups in total. The highest BCUT2D eigenvalue weighted by Gasteiger charge is 2.39. The van der Waals surface area contributed by atoms with E-state index in [4.69, 9.17) is 4.74 Å². The number of aryl methyl sites for hydroxylation is 1. The van der Waals surface area contributed by atoms with Crippen molar-refractivity contribution in [1.82, 2.24) is 14.6 Å². The number of methoxy groups -OCH3 is 1. The maximum Gasteiger partial charge on any atom is 0.253 e. The molecule has 3 rings (SSSR count). The Balaban J connectivity index is 1.73. The quantitative estimate of drug-likeness (QED) is 0.790. The van der Waals surface area contributed by atoms with E-state index in [2.05, 4.69) is 10.3 Å². The number of sulfonamides is 1. The normalized spacial score (nSPS) is 17.8. The summed E-state index contributed by atoms with van der Waals surface area (Å²) in [5, 5.41) is 4.56. The van der Waals surface area contributed by atoms with Gasteiger partial charge in [0.2, 0.25) is 5.91 Å². The van der Waals surface area contributed by atoms with Crippen molar-refractivity contribution >= 4 is 27.3 Å². The summed E-state index contributed by atoms with van der Waals surface area (Å²) in [6.07, 6.45) is 2.88. The van der Waals surface area contributed by atoms with Crippen molar-refractivity contribution in [2.24, 2.45) is 0 Å². The molecule has 1 aliphatic rings. The molecular weight excluding hydrogens is 386 g/mol. The van der Waals surface area contributed by atoms with Gasteiger partial charge in [-0.25, -0.2) is 8.42 Å². The predicted octanol–water partition coefficient (Wildman–Crippen LogP) is 2.24. The molecule has 0 aromatic carbocycles. The Morgan fingerprint density at radius 3 is 2.89 bits per heavy atom. The van der Waals surface area contributed by atoms with Gasteiger partial charge in [-0.2, -0.15) is 4.31 Å². The number of hydrogen-bond donors (Lipinski definition) is 1. The highest BCUT2D eigenvalue weighted by Crippen LogP contribution is 2.29. The SMILES string of the molecule is COc1c(C)cnc(CNC(=O)C2CCCN2S(=O)(=O)c2cccs2)c1C. The number of amides is 1. The Hall–Kier alpha value is -1.97. The number of ether oxygens (including phenoxy) is 1. The fourth-order valence-corrected chi connectivity index (χ4v) is 6.13. The molecule has 0 bridgehead atoms. The van der Waals surface area contributed by atoms with Crippen LogP contribution in [-0.4, -0.2) is 43.3 Å². The minimum atomic E-state index is -3.64. The fourth-order valence-electron chi connectivity index (χ4n) is 3.35. The number of pyridine rings is 1. The maximum atomic E-state index is 12.8. The molecule has 1 aliphatic heterocycles. The molecule has 1 fully saturated rings. The standard InChI is InChI=1S/C18H23N3O4S2/c1-12-10-19-14(13(2)17(12)25-3)11-20-18(22)15-6-4-8-21(15)27(23,24)16-7-5-9-26-16/h5,7,9-10,15H,4,6,8,11H2,1-3H3,(H,20,22). The van der Waals surface area contributed by atoms with Crippen LogP contribution in [-0.2, 0) is 21.4 Å². The minimum absolute atomic E-state index is 0.227. The molecular formula is C18H23N3O4S2. The second-order valence-corrected chi connectivity index (χ2v) is 9.53. The van der Waals surface area contributed by atoms with E-state index in [0.717, 1.165) is 28.2 Å². The fraction of sp³-hybridized carbons (Fsp3) is 0.444. The molecule has 7 nitrogen and oxygen atoms in total. The molecule has 1 saturated heterocycles. The Morgan fingerprint density at radius 2 is 2.22 bits per heavy atom. The van der Waals surface area contributed by atoms with E-state index in [0.29, 0.717) is 25.1 Å². The van der Waals surface area contributed by atoms with E-state index in [9.17, 15) is 13.2 Å². The van der Waals surface area contributed by atoms with E-state index in [1.165, 1.54) is 4.31 Å². The molecule has 3 heterocycles. The summed E-state index contributed by atoms with van der Waals surface area (Å²) in [5.41, 5.74) is 2.50. The van der Waals surface area contributed by atoms with Gasteiger partial charge >= 0.3 is 0 Å². The number of carbonyl (C=O) groups is 1. The first-order chi connectivity index (χ1) is 12.9. The number of nitrogens with zero attached hydrogens (tertiary/aromatic N) is 2. The van der Waals surface area contributed by atoms with Crippen LogP contribution in [0.4, 0.5) is 0 Å². The first-order valence-electron chi connectivity index (χ1n) is 8.68. The van der Waals surface area contributed by atoms with Gasteiger partial charge in [0.1, 0.15) is 16.0 Å². The zero-order valence-corrected chi connectivity index (χ0v) is 17.2. The lowest BCUT2D eigenvalue weighted by Crippen LogP contribution is -2.45. The molecule has 1 atom stereocenters. The highest BCUT2D eigenvalue weighted by molar-refractivity contribution is 7.91. The molecule has 146 valence electrons. The second kappa shape index (κ2) is 7.95. The van der Waals surface area contributed by atoms with Crippen molar-refractivity contribution in [2.75, 3.05) is 13.7 Å². The molecule has 9 heteroatoms. The Morgan fingerprint density at radius 1 is 1.44 bits per heavy atom. The lowest BCUT2D eigenvalue weighted by molar-refractivity contribution is -0.124. The molecule has 1 amide bonds. The molecule has 27 heavy (non-hydrogen) atoms. The molecule has 0 radical (unpaired) electrons. The summed E-state index contributed by atoms with van der Waals surface area (Å²) >= 11 is 1.16. The molecule has 1 unspecified atom stereocenters. The van der Waals surface area contributed by atoms with E-state index in [-0.39, 0.29) is 16.7 Å². The summed E-state index contributed by atoms with van der Waals surface area (Å²) in [6.45, 7) is 4.38. The average Bonchev–Trinajstić information content (AvgIpc) is 3.33. The van der Waals surface area contributed by atoms with Gasteiger partial charge in [-0.05, 0) is 38.1 Å². The number of aromatic nitrogens is 1. The third kappa shape index (κ3) is 3.85. The van der Waals surface area contributed by atoms with Crippen LogP contribution < -0.4 is 10.1 Å². The van der Waals surface area contributed by atoms with Crippen molar-refractivity contribution < 1.29 is 17.9 Å². The number of hydrogen-bond acceptors (Lipinski definition) is 6. The molecule has 0 saturated carbocycles. The molecule has 0 spiro atoms. The average molecular weight is 410 g/mol. The third-order valence-electron chi connectivity index (χ3n) is 4.74. The van der Waals surface area contributed by atoms with Crippen LogP contribution in [0.15, 0.2) is 27.9 Å². The zero-order valence-electron chi connectivity index (χ0n) is 15.6. The predicted molar refractivity (Wildman–Crippen MR) is 103 cm³/mol. The van der Waals surface area contributed by atoms with Gasteiger partial charge in [0.05, 0.1) is 19.3 Å². The monoisotopic (exact) mass is 409 g/mol. The number of rotatable bonds is 6. The summed E-state index contributed by atoms with van der Waals surface area (Å²) in [5.74, 6) is 0.449. The van der Waals surface area contributed by atoms with E-state index < -0.39 is 16.1 Å². The molecule has 2 aromatic heterocycles. The lowest BCUT2D eigenvalue weighted by Gasteiger charge is -2.23. The van der Waals surface area contributed by atoms with Crippen LogP contribution >= 0.6 is 11.3 Å². The molecule has 0 aliphatic carbocycles. The van der Waals surface area contributed by atoms with Crippen molar-refractivity contribution in [3.8, 4) is 5.75 Å². The number of nitrogens with one attached hydrogen (secondary N) is 1. The second-order valence-electron chi connectivity index (χ2n) is 6.47. The van der Waals surface area contributed by atoms with Crippen LogP contribution in [0.5, 0.6) is 5.75 Å². The van der Waals surface area contributed by atoms with Gasteiger partial charge in [0, 0.05) is 23.9 Å². The van der Waals surface area contributed by atoms with Crippen LogP contribution in [0.3, 0.4) is 0 Å². The van der Waals surface area contributed by atoms with Crippen LogP contribution in [0.2, 0.25) is 0 Å². The Bertz CT molecular complexity index is 926. The highest BCUT2D eigenvalue weighted by atomic mass is 32.2. The van der Waals surface area contributed by atoms with Crippen LogP contribution in [0.1, 0.15) is 29.7 Å². The van der Waals surface area contributed by atoms with Gasteiger partial charge < -0.3 is 10.1 Å². The van der Waals surface area contributed by atoms with Gasteiger partial charge in [-0.3, -0.25) is 9.78 Å². The van der Waals surface area contributed by atoms with Crippen LogP contribution in [0, 0.1) is 13.8 Å². The van der Waals surface area contributed by atoms with Crippen molar-refractivity contribution in [2.45, 2.75) is 43.5 Å². The summed E-state index contributed by atoms with van der Waals surface area (Å²) in [7, 11) is -2.04. The van der Waals surface area contributed by atoms with E-state index in [1.54, 1.807) is 30.8 Å². The van der Waals surface area contributed by atoms with Crippen LogP contribution in [0.25, 0.3) is 0 Å². The largest absolute Gasteiger partial charge is 0.496 e. The zero-order chi connectivity index (χ0) is 19.6. The van der Waals surface area contributed by atoms with E-state index in [1.807, 2.05) is 13.8 Å². The maximum absolute atomic E-state index is 12.8. The lowest BCUT2D eigenvalue weighted by atomic mass is 10.1. The smallest absolute Gasteiger partial charge is 0.253 e. The van der Waals surface area contributed by atoms with Crippen molar-refractivity contribution in [3.05, 3.63) is 40.5 Å². The van der Waals surface area contributed by atoms with Gasteiger partial charge in [0.15, 0.2) is 0 Å². The molecule has 2 aromatic rings. The van der Waals surface area contributed by atoms with Gasteiger partial charge in [0.25, 0.3) is 10.0 Å². The summed E-state index contributed by atoms with van der Waals surface area (Å²) in [6, 6.07) is 2.57. The number of carbonyl (C=O) groups excluding carboxylic acids is 1. The van der Waals surface area contributed by atoms with E-state index >= 15 is 0 Å². The van der Waals surface area contributed by atoms with Gasteiger partial charge in [-0.1, -0.05) is 6.07 Å². The Labute approximate surface area is 163 Å². The van der Waals surface area contributed by atoms with Crippen molar-refractivity contribution in [1.29, 1.82) is 0 Å². The Kier molecular flexibility index (Phi) is 5.83. The van der Waals surface area contributed by atoms with Crippen molar-refractivity contribution in [3.63, 3.8) is 0 Å². The third-order valence-corrected chi connectivity index (χ3v) is 8.03. The summed E-state index contributed by atoms with van der Waals surface area (Å²) < 4.78 is 32.5.